The number of nitrogens with zero attached hydrogens (tertiary/aromatic N) is 9. The predicted octanol–water partition coefficient (Wildman–Crippen LogP) is 15.7. The molecule has 0 bridgehead atoms. The van der Waals surface area contributed by atoms with E-state index in [2.05, 4.69) is 30.3 Å². The van der Waals surface area contributed by atoms with Crippen LogP contribution in [0.5, 0.6) is 0 Å². The third-order valence-corrected chi connectivity index (χ3v) is 13.8. The zero-order valence-electron chi connectivity index (χ0n) is 39.9. The van der Waals surface area contributed by atoms with Crippen LogP contribution in [0.1, 0.15) is 50.1 Å². The lowest BCUT2D eigenvalue weighted by molar-refractivity contribution is -0.142. The number of halogens is 6. The molecule has 0 amide bonds. The Hall–Kier alpha value is -11.4. The number of hydrogen-bond acceptors (Lipinski definition) is 7. The van der Waals surface area contributed by atoms with Gasteiger partial charge in [0.2, 0.25) is 0 Å². The van der Waals surface area contributed by atoms with E-state index in [1.165, 1.54) is 54.6 Å². The summed E-state index contributed by atoms with van der Waals surface area (Å²) >= 11 is 0. The Morgan fingerprint density at radius 2 is 0.769 bits per heavy atom. The van der Waals surface area contributed by atoms with Gasteiger partial charge in [-0.1, -0.05) is 60.7 Å². The molecule has 15 heteroatoms. The fraction of sp³-hybridized carbons (Fsp3) is 0.0317. The molecule has 2 heterocycles. The average Bonchev–Trinajstić information content (AvgIpc) is 4.12. The molecule has 0 fully saturated rings. The summed E-state index contributed by atoms with van der Waals surface area (Å²) in [7, 11) is 0. The molecule has 2 aromatic heterocycles. The van der Waals surface area contributed by atoms with E-state index in [1.54, 1.807) is 88.0 Å². The minimum Gasteiger partial charge on any atom is -0.309 e. The first-order chi connectivity index (χ1) is 37.6. The first-order valence-corrected chi connectivity index (χ1v) is 23.5. The molecular weight excluding hydrogens is 997 g/mol. The first kappa shape index (κ1) is 48.8. The van der Waals surface area contributed by atoms with Crippen molar-refractivity contribution < 1.29 is 26.3 Å². The van der Waals surface area contributed by atoms with Gasteiger partial charge >= 0.3 is 12.4 Å². The van der Waals surface area contributed by atoms with Gasteiger partial charge in [-0.3, -0.25) is 0 Å². The molecule has 0 spiro atoms. The molecule has 9 aromatic carbocycles. The molecule has 0 aliphatic rings. The van der Waals surface area contributed by atoms with E-state index < -0.39 is 34.6 Å². The van der Waals surface area contributed by atoms with E-state index in [-0.39, 0.29) is 66.9 Å². The SMILES string of the molecule is N#Cc1cc(C#N)c(-c2ccc3c(c2)c2ccccc2n3-c2ccc(-c3c(C(F)(F)F)cccc3C(F)(F)F)c(-c3cc(C#N)ccc3-n3c4ccccc4c4cc(-c5c(C#N)cc(C#N)cc5C#N)ccc43)c2)c(C#N)c1. The molecule has 11 aromatic rings. The van der Waals surface area contributed by atoms with E-state index >= 15 is 26.3 Å². The first-order valence-electron chi connectivity index (χ1n) is 23.5. The molecule has 0 radical (unpaired) electrons. The van der Waals surface area contributed by atoms with E-state index in [4.69, 9.17) is 0 Å². The maximum Gasteiger partial charge on any atom is 0.417 e. The molecule has 0 unspecified atom stereocenters. The summed E-state index contributed by atoms with van der Waals surface area (Å²) < 4.78 is 95.5. The molecular formula is C63H27F6N9. The highest BCUT2D eigenvalue weighted by molar-refractivity contribution is 6.13. The van der Waals surface area contributed by atoms with Crippen molar-refractivity contribution in [2.45, 2.75) is 12.4 Å². The summed E-state index contributed by atoms with van der Waals surface area (Å²) in [6.07, 6.45) is -10.6. The van der Waals surface area contributed by atoms with Crippen LogP contribution >= 0.6 is 0 Å². The standard InChI is InChI=1S/C63H27F6N9/c64-62(65,66)52-8-5-9-53(63(67,68)69)61(52)47-16-15-44(77-54-10-3-1-6-45(54)50-25-38(13-18-56(50)77)59-40(31-73)20-36(29-71)21-41(59)32-74)27-48(47)49-24-35(28-70)12-17-57(49)78-55-11-4-2-7-46(55)51-26-39(14-19-58(51)78)60-42(33-75)22-37(30-72)23-43(60)34-76/h1-27H. The Bertz CT molecular complexity index is 4650. The van der Waals surface area contributed by atoms with Gasteiger partial charge in [-0.15, -0.1) is 0 Å². The molecule has 0 aliphatic carbocycles. The van der Waals surface area contributed by atoms with Gasteiger partial charge in [-0.2, -0.15) is 63.2 Å². The van der Waals surface area contributed by atoms with Gasteiger partial charge in [0.05, 0.1) is 120 Å². The number of fused-ring (bicyclic) bond motifs is 6. The van der Waals surface area contributed by atoms with Crippen LogP contribution in [0.15, 0.2) is 164 Å². The smallest absolute Gasteiger partial charge is 0.309 e. The van der Waals surface area contributed by atoms with Crippen molar-refractivity contribution in [3.05, 3.63) is 214 Å². The molecule has 11 rings (SSSR count). The van der Waals surface area contributed by atoms with Gasteiger partial charge in [0.1, 0.15) is 0 Å². The highest BCUT2D eigenvalue weighted by Crippen LogP contribution is 2.50. The van der Waals surface area contributed by atoms with Gasteiger partial charge < -0.3 is 9.13 Å². The maximum atomic E-state index is 15.3. The number of para-hydroxylation sites is 2. The van der Waals surface area contributed by atoms with Crippen LogP contribution in [-0.4, -0.2) is 9.13 Å². The molecule has 78 heavy (non-hydrogen) atoms. The Kier molecular flexibility index (Phi) is 11.6. The lowest BCUT2D eigenvalue weighted by atomic mass is 9.86. The summed E-state index contributed by atoms with van der Waals surface area (Å²) in [5.74, 6) is 0. The monoisotopic (exact) mass is 1020 g/mol. The number of hydrogen-bond donors (Lipinski definition) is 0. The highest BCUT2D eigenvalue weighted by Gasteiger charge is 2.42. The normalized spacial score (nSPS) is 11.4. The van der Waals surface area contributed by atoms with Crippen LogP contribution in [0.2, 0.25) is 0 Å². The van der Waals surface area contributed by atoms with E-state index in [0.29, 0.717) is 78.6 Å². The van der Waals surface area contributed by atoms with E-state index in [0.717, 1.165) is 0 Å². The van der Waals surface area contributed by atoms with Crippen molar-refractivity contribution in [1.82, 2.24) is 9.13 Å². The zero-order chi connectivity index (χ0) is 54.8. The van der Waals surface area contributed by atoms with E-state index in [9.17, 15) is 36.8 Å². The van der Waals surface area contributed by atoms with Crippen LogP contribution in [0, 0.1) is 79.3 Å². The van der Waals surface area contributed by atoms with Crippen LogP contribution in [0.25, 0.3) is 99.5 Å². The number of nitriles is 7. The lowest BCUT2D eigenvalue weighted by Gasteiger charge is -2.23. The quantitative estimate of drug-likeness (QED) is 0.149. The maximum absolute atomic E-state index is 15.3. The minimum absolute atomic E-state index is 0.0304. The molecule has 0 atom stereocenters. The molecule has 0 saturated carbocycles. The Morgan fingerprint density at radius 1 is 0.321 bits per heavy atom. The van der Waals surface area contributed by atoms with Crippen molar-refractivity contribution in [3.63, 3.8) is 0 Å². The summed E-state index contributed by atoms with van der Waals surface area (Å²) in [6.45, 7) is 0. The predicted molar refractivity (Wildman–Crippen MR) is 280 cm³/mol. The molecule has 366 valence electrons. The van der Waals surface area contributed by atoms with Crippen LogP contribution in [0.3, 0.4) is 0 Å². The third-order valence-electron chi connectivity index (χ3n) is 13.8. The summed E-state index contributed by atoms with van der Waals surface area (Å²) in [6, 6.07) is 55.0. The van der Waals surface area contributed by atoms with Crippen molar-refractivity contribution in [1.29, 1.82) is 36.8 Å². The van der Waals surface area contributed by atoms with E-state index in [1.807, 2.05) is 24.3 Å². The third kappa shape index (κ3) is 7.83. The summed E-state index contributed by atoms with van der Waals surface area (Å²) in [5.41, 5.74) is 0.00177. The second-order valence-electron chi connectivity index (χ2n) is 18.0. The van der Waals surface area contributed by atoms with Gasteiger partial charge in [0.15, 0.2) is 0 Å². The Morgan fingerprint density at radius 3 is 1.23 bits per heavy atom. The topological polar surface area (TPSA) is 176 Å². The fourth-order valence-electron chi connectivity index (χ4n) is 10.6. The largest absolute Gasteiger partial charge is 0.417 e. The average molecular weight is 1020 g/mol. The lowest BCUT2D eigenvalue weighted by Crippen LogP contribution is -2.14. The van der Waals surface area contributed by atoms with Gasteiger partial charge in [-0.05, 0) is 125 Å². The number of benzene rings is 9. The van der Waals surface area contributed by atoms with Crippen LogP contribution in [0.4, 0.5) is 26.3 Å². The van der Waals surface area contributed by atoms with Crippen molar-refractivity contribution in [3.8, 4) is 98.4 Å². The van der Waals surface area contributed by atoms with Gasteiger partial charge in [-0.25, -0.2) is 0 Å². The molecule has 9 nitrogen and oxygen atoms in total. The van der Waals surface area contributed by atoms with Crippen molar-refractivity contribution in [2.24, 2.45) is 0 Å². The zero-order valence-corrected chi connectivity index (χ0v) is 39.9. The van der Waals surface area contributed by atoms with Crippen LogP contribution < -0.4 is 0 Å². The number of aromatic nitrogens is 2. The number of alkyl halides is 6. The minimum atomic E-state index is -5.28. The highest BCUT2D eigenvalue weighted by atomic mass is 19.4. The van der Waals surface area contributed by atoms with Crippen molar-refractivity contribution in [2.75, 3.05) is 0 Å². The Balaban J connectivity index is 1.23. The summed E-state index contributed by atoms with van der Waals surface area (Å²) in [4.78, 5) is 0. The van der Waals surface area contributed by atoms with Crippen LogP contribution in [-0.2, 0) is 12.4 Å². The molecule has 0 N–H and O–H groups in total. The van der Waals surface area contributed by atoms with Gasteiger partial charge in [0.25, 0.3) is 0 Å². The van der Waals surface area contributed by atoms with Gasteiger partial charge in [0, 0.05) is 49.5 Å². The summed E-state index contributed by atoms with van der Waals surface area (Å²) in [5, 5.41) is 73.0. The van der Waals surface area contributed by atoms with Crippen molar-refractivity contribution >= 4 is 43.6 Å². The Labute approximate surface area is 438 Å². The molecule has 0 saturated heterocycles. The second kappa shape index (κ2) is 18.5. The molecule has 0 aliphatic heterocycles. The fourth-order valence-corrected chi connectivity index (χ4v) is 10.6. The second-order valence-corrected chi connectivity index (χ2v) is 18.0. The number of rotatable bonds is 6.